The van der Waals surface area contributed by atoms with Gasteiger partial charge in [0.25, 0.3) is 5.91 Å². The second kappa shape index (κ2) is 7.75. The van der Waals surface area contributed by atoms with Crippen LogP contribution < -0.4 is 5.32 Å². The Hall–Kier alpha value is -2.67. The van der Waals surface area contributed by atoms with Crippen LogP contribution in [0.4, 0.5) is 5.69 Å². The van der Waals surface area contributed by atoms with Crippen molar-refractivity contribution in [3.05, 3.63) is 46.8 Å². The van der Waals surface area contributed by atoms with Crippen molar-refractivity contribution in [1.29, 1.82) is 0 Å². The van der Waals surface area contributed by atoms with Crippen LogP contribution in [0.3, 0.4) is 0 Å². The molecular formula is C21H27N5O2. The number of hydrogen-bond donors (Lipinski definition) is 2. The van der Waals surface area contributed by atoms with Gasteiger partial charge in [0, 0.05) is 43.5 Å². The Bertz CT molecular complexity index is 879. The number of hydrogen-bond acceptors (Lipinski definition) is 4. The van der Waals surface area contributed by atoms with E-state index in [1.54, 1.807) is 0 Å². The summed E-state index contributed by atoms with van der Waals surface area (Å²) in [5.74, 6) is 0.513. The van der Waals surface area contributed by atoms with E-state index < -0.39 is 0 Å². The number of aryl methyl sites for hydroxylation is 1. The van der Waals surface area contributed by atoms with Crippen LogP contribution in [-0.2, 0) is 4.79 Å². The summed E-state index contributed by atoms with van der Waals surface area (Å²) < 4.78 is 0. The maximum absolute atomic E-state index is 12.6. The van der Waals surface area contributed by atoms with Crippen LogP contribution in [0.25, 0.3) is 0 Å². The molecule has 0 spiro atoms. The number of rotatable bonds is 5. The van der Waals surface area contributed by atoms with E-state index in [1.807, 2.05) is 43.0 Å². The minimum Gasteiger partial charge on any atom is -0.335 e. The number of anilines is 1. The van der Waals surface area contributed by atoms with E-state index in [9.17, 15) is 9.59 Å². The van der Waals surface area contributed by atoms with Gasteiger partial charge in [-0.25, -0.2) is 0 Å². The summed E-state index contributed by atoms with van der Waals surface area (Å²) in [6.45, 7) is 6.98. The summed E-state index contributed by atoms with van der Waals surface area (Å²) in [7, 11) is 0. The average molecular weight is 381 g/mol. The fourth-order valence-electron chi connectivity index (χ4n) is 3.60. The first-order valence-electron chi connectivity index (χ1n) is 9.94. The van der Waals surface area contributed by atoms with Gasteiger partial charge in [0.15, 0.2) is 0 Å². The van der Waals surface area contributed by atoms with Crippen molar-refractivity contribution in [3.8, 4) is 0 Å². The summed E-state index contributed by atoms with van der Waals surface area (Å²) >= 11 is 0. The summed E-state index contributed by atoms with van der Waals surface area (Å²) in [6.07, 6.45) is 2.36. The topological polar surface area (TPSA) is 81.3 Å². The van der Waals surface area contributed by atoms with E-state index in [-0.39, 0.29) is 11.8 Å². The van der Waals surface area contributed by atoms with Gasteiger partial charge in [-0.15, -0.1) is 0 Å². The molecule has 28 heavy (non-hydrogen) atoms. The Balaban J connectivity index is 1.27. The Morgan fingerprint density at radius 2 is 1.93 bits per heavy atom. The number of carbonyl (C=O) groups excluding carboxylic acids is 2. The molecule has 1 aliphatic carbocycles. The van der Waals surface area contributed by atoms with Gasteiger partial charge in [-0.2, -0.15) is 5.10 Å². The monoisotopic (exact) mass is 381 g/mol. The average Bonchev–Trinajstić information content (AvgIpc) is 3.42. The number of nitrogens with zero attached hydrogens (tertiary/aromatic N) is 3. The normalized spacial score (nSPS) is 17.6. The highest BCUT2D eigenvalue weighted by atomic mass is 16.2. The molecule has 1 saturated carbocycles. The minimum atomic E-state index is -0.0253. The fraction of sp³-hybridized carbons (Fsp3) is 0.476. The van der Waals surface area contributed by atoms with E-state index >= 15 is 0 Å². The zero-order valence-corrected chi connectivity index (χ0v) is 16.5. The van der Waals surface area contributed by atoms with E-state index in [0.717, 1.165) is 22.5 Å². The number of amides is 2. The number of benzene rings is 1. The van der Waals surface area contributed by atoms with Crippen molar-refractivity contribution in [3.63, 3.8) is 0 Å². The van der Waals surface area contributed by atoms with Crippen molar-refractivity contribution >= 4 is 17.5 Å². The van der Waals surface area contributed by atoms with Crippen molar-refractivity contribution in [2.24, 2.45) is 0 Å². The molecule has 0 atom stereocenters. The lowest BCUT2D eigenvalue weighted by atomic mass is 10.1. The first-order chi connectivity index (χ1) is 13.5. The number of aromatic amines is 1. The summed E-state index contributed by atoms with van der Waals surface area (Å²) in [4.78, 5) is 29.0. The summed E-state index contributed by atoms with van der Waals surface area (Å²) in [5.41, 5.74) is 4.70. The highest BCUT2D eigenvalue weighted by molar-refractivity contribution is 5.93. The van der Waals surface area contributed by atoms with Crippen LogP contribution in [-0.4, -0.2) is 64.5 Å². The van der Waals surface area contributed by atoms with Crippen LogP contribution in [0.2, 0.25) is 0 Å². The lowest BCUT2D eigenvalue weighted by Crippen LogP contribution is -2.50. The van der Waals surface area contributed by atoms with Crippen LogP contribution >= 0.6 is 0 Å². The molecule has 2 aromatic rings. The van der Waals surface area contributed by atoms with Gasteiger partial charge in [0.1, 0.15) is 5.69 Å². The quantitative estimate of drug-likeness (QED) is 0.833. The van der Waals surface area contributed by atoms with Gasteiger partial charge < -0.3 is 10.2 Å². The smallest absolute Gasteiger partial charge is 0.274 e. The standard InChI is InChI=1S/C21H27N5O2/c1-14-4-3-5-17(15(14)2)22-20(27)13-25-8-10-26(11-9-25)21(28)19-12-18(23-24-19)16-6-7-16/h3-5,12,16H,6-11,13H2,1-2H3,(H,22,27)(H,23,24). The third-order valence-corrected chi connectivity index (χ3v) is 5.74. The first-order valence-corrected chi connectivity index (χ1v) is 9.94. The molecule has 0 radical (unpaired) electrons. The third kappa shape index (κ3) is 4.09. The molecule has 1 saturated heterocycles. The number of piperazine rings is 1. The maximum Gasteiger partial charge on any atom is 0.274 e. The molecule has 7 heteroatoms. The number of carbonyl (C=O) groups is 2. The van der Waals surface area contributed by atoms with Crippen LogP contribution in [0.5, 0.6) is 0 Å². The minimum absolute atomic E-state index is 0.0187. The Morgan fingerprint density at radius 1 is 1.18 bits per heavy atom. The lowest BCUT2D eigenvalue weighted by Gasteiger charge is -2.34. The molecule has 7 nitrogen and oxygen atoms in total. The lowest BCUT2D eigenvalue weighted by molar-refractivity contribution is -0.117. The Kier molecular flexibility index (Phi) is 5.17. The van der Waals surface area contributed by atoms with Gasteiger partial charge >= 0.3 is 0 Å². The van der Waals surface area contributed by atoms with Crippen LogP contribution in [0.1, 0.15) is 46.1 Å². The Morgan fingerprint density at radius 3 is 2.64 bits per heavy atom. The predicted molar refractivity (Wildman–Crippen MR) is 107 cm³/mol. The van der Waals surface area contributed by atoms with Crippen LogP contribution in [0, 0.1) is 13.8 Å². The zero-order chi connectivity index (χ0) is 19.7. The molecule has 0 bridgehead atoms. The molecule has 2 amide bonds. The van der Waals surface area contributed by atoms with E-state index in [4.69, 9.17) is 0 Å². The van der Waals surface area contributed by atoms with E-state index in [0.29, 0.717) is 44.3 Å². The summed E-state index contributed by atoms with van der Waals surface area (Å²) in [5, 5.41) is 10.2. The predicted octanol–water partition coefficient (Wildman–Crippen LogP) is 2.30. The Labute approximate surface area is 165 Å². The molecule has 2 N–H and O–H groups in total. The van der Waals surface area contributed by atoms with Crippen LogP contribution in [0.15, 0.2) is 24.3 Å². The first kappa shape index (κ1) is 18.7. The molecule has 0 unspecified atom stereocenters. The molecule has 2 aliphatic rings. The maximum atomic E-state index is 12.6. The number of H-pyrrole nitrogens is 1. The van der Waals surface area contributed by atoms with Crippen molar-refractivity contribution in [2.75, 3.05) is 38.0 Å². The van der Waals surface area contributed by atoms with Crippen molar-refractivity contribution in [2.45, 2.75) is 32.6 Å². The van der Waals surface area contributed by atoms with Crippen molar-refractivity contribution in [1.82, 2.24) is 20.0 Å². The van der Waals surface area contributed by atoms with Gasteiger partial charge in [-0.1, -0.05) is 12.1 Å². The van der Waals surface area contributed by atoms with Crippen molar-refractivity contribution < 1.29 is 9.59 Å². The SMILES string of the molecule is Cc1cccc(NC(=O)CN2CCN(C(=O)c3cc(C4CC4)[nH]n3)CC2)c1C. The van der Waals surface area contributed by atoms with Gasteiger partial charge in [0.05, 0.1) is 6.54 Å². The molecule has 148 valence electrons. The largest absolute Gasteiger partial charge is 0.335 e. The van der Waals surface area contributed by atoms with Gasteiger partial charge in [-0.05, 0) is 49.9 Å². The number of nitrogens with one attached hydrogen (secondary N) is 2. The third-order valence-electron chi connectivity index (χ3n) is 5.74. The second-order valence-corrected chi connectivity index (χ2v) is 7.85. The molecule has 4 rings (SSSR count). The highest BCUT2D eigenvalue weighted by Crippen LogP contribution is 2.39. The molecule has 1 aromatic heterocycles. The highest BCUT2D eigenvalue weighted by Gasteiger charge is 2.29. The summed E-state index contributed by atoms with van der Waals surface area (Å²) in [6, 6.07) is 7.81. The number of aromatic nitrogens is 2. The van der Waals surface area contributed by atoms with Gasteiger partial charge in [-0.3, -0.25) is 19.6 Å². The van der Waals surface area contributed by atoms with Gasteiger partial charge in [0.2, 0.25) is 5.91 Å². The fourth-order valence-corrected chi connectivity index (χ4v) is 3.60. The molecule has 1 aliphatic heterocycles. The van der Waals surface area contributed by atoms with E-state index in [2.05, 4.69) is 20.4 Å². The molecule has 1 aromatic carbocycles. The van der Waals surface area contributed by atoms with E-state index in [1.165, 1.54) is 12.8 Å². The zero-order valence-electron chi connectivity index (χ0n) is 16.5. The molecule has 2 heterocycles. The molecular weight excluding hydrogens is 354 g/mol. The molecule has 2 fully saturated rings. The second-order valence-electron chi connectivity index (χ2n) is 7.85.